The number of carbonyl (C=O) groups excluding carboxylic acids is 1. The van der Waals surface area contributed by atoms with Gasteiger partial charge in [-0.05, 0) is 41.7 Å². The molecule has 0 saturated carbocycles. The second-order valence-electron chi connectivity index (χ2n) is 7.58. The predicted octanol–water partition coefficient (Wildman–Crippen LogP) is 3.10. The van der Waals surface area contributed by atoms with E-state index in [1.54, 1.807) is 11.0 Å². The number of hydrogen-bond donors (Lipinski definition) is 1. The molecule has 0 spiro atoms. The van der Waals surface area contributed by atoms with Crippen LogP contribution in [-0.4, -0.2) is 47.8 Å². The third-order valence-electron chi connectivity index (χ3n) is 6.01. The van der Waals surface area contributed by atoms with Gasteiger partial charge in [-0.3, -0.25) is 4.79 Å². The first-order chi connectivity index (χ1) is 14.2. The molecular formula is C23H23FN2O3. The third-order valence-corrected chi connectivity index (χ3v) is 6.01. The largest absolute Gasteiger partial charge is 0.394 e. The maximum Gasteiger partial charge on any atom is 0.227 e. The molecule has 4 rings (SSSR count). The zero-order valence-electron chi connectivity index (χ0n) is 16.0. The number of likely N-dealkylation sites (tertiary alicyclic amines) is 1. The minimum absolute atomic E-state index is 0.0848. The van der Waals surface area contributed by atoms with Gasteiger partial charge in [0.25, 0.3) is 0 Å². The highest BCUT2D eigenvalue weighted by Gasteiger charge is 2.53. The number of nitrogens with zero attached hydrogens (tertiary/aromatic N) is 2. The zero-order valence-corrected chi connectivity index (χ0v) is 16.0. The van der Waals surface area contributed by atoms with Crippen LogP contribution in [0.4, 0.5) is 4.39 Å². The van der Waals surface area contributed by atoms with Gasteiger partial charge in [0, 0.05) is 25.0 Å². The van der Waals surface area contributed by atoms with Gasteiger partial charge in [-0.1, -0.05) is 36.4 Å². The van der Waals surface area contributed by atoms with Crippen molar-refractivity contribution in [3.05, 3.63) is 59.9 Å². The summed E-state index contributed by atoms with van der Waals surface area (Å²) in [5.74, 6) is -0.919. The number of rotatable bonds is 4. The van der Waals surface area contributed by atoms with Crippen LogP contribution in [0.5, 0.6) is 0 Å². The number of amides is 1. The van der Waals surface area contributed by atoms with Gasteiger partial charge in [0.2, 0.25) is 5.91 Å². The van der Waals surface area contributed by atoms with E-state index >= 15 is 0 Å². The minimum atomic E-state index is -0.655. The van der Waals surface area contributed by atoms with Crippen molar-refractivity contribution in [3.8, 4) is 17.2 Å². The molecule has 0 bridgehead atoms. The van der Waals surface area contributed by atoms with Crippen LogP contribution in [0.15, 0.2) is 48.5 Å². The molecule has 0 aliphatic carbocycles. The van der Waals surface area contributed by atoms with Crippen LogP contribution in [0.2, 0.25) is 0 Å². The van der Waals surface area contributed by atoms with Gasteiger partial charge in [0.15, 0.2) is 0 Å². The van der Waals surface area contributed by atoms with Crippen molar-refractivity contribution in [1.29, 1.82) is 5.26 Å². The molecular weight excluding hydrogens is 371 g/mol. The second kappa shape index (κ2) is 8.32. The molecule has 2 heterocycles. The molecule has 0 unspecified atom stereocenters. The number of halogens is 1. The summed E-state index contributed by atoms with van der Waals surface area (Å²) in [7, 11) is 0. The fourth-order valence-electron chi connectivity index (χ4n) is 4.55. The van der Waals surface area contributed by atoms with E-state index in [4.69, 9.17) is 4.74 Å². The van der Waals surface area contributed by atoms with Gasteiger partial charge >= 0.3 is 0 Å². The molecule has 1 N–H and O–H groups in total. The summed E-state index contributed by atoms with van der Waals surface area (Å²) in [5, 5.41) is 19.9. The fraction of sp³-hybridized carbons (Fsp3) is 0.391. The Morgan fingerprint density at radius 1 is 1.21 bits per heavy atom. The first kappa shape index (κ1) is 19.6. The molecule has 5 nitrogen and oxygen atoms in total. The summed E-state index contributed by atoms with van der Waals surface area (Å²) >= 11 is 0. The molecule has 2 aromatic carbocycles. The summed E-state index contributed by atoms with van der Waals surface area (Å²) in [6.07, 6.45) is 1.27. The van der Waals surface area contributed by atoms with E-state index < -0.39 is 12.1 Å². The molecule has 2 aromatic rings. The van der Waals surface area contributed by atoms with Crippen LogP contribution < -0.4 is 0 Å². The van der Waals surface area contributed by atoms with E-state index in [1.165, 1.54) is 12.1 Å². The van der Waals surface area contributed by atoms with Crippen molar-refractivity contribution in [2.45, 2.75) is 30.8 Å². The topological polar surface area (TPSA) is 73.6 Å². The van der Waals surface area contributed by atoms with Crippen LogP contribution in [0, 0.1) is 23.1 Å². The lowest BCUT2D eigenvalue weighted by Gasteiger charge is -2.53. The number of aliphatic hydroxyl groups is 1. The molecule has 150 valence electrons. The van der Waals surface area contributed by atoms with Gasteiger partial charge in [-0.25, -0.2) is 4.39 Å². The molecule has 3 atom stereocenters. The van der Waals surface area contributed by atoms with Crippen molar-refractivity contribution in [3.63, 3.8) is 0 Å². The standard InChI is InChI=1S/C23H23FN2O3/c24-17-5-3-4-16(12-17)18-6-1-2-7-19(18)22-20(13-25)26(21(22)14-27)23(28)15-8-10-29-11-9-15/h1-7,12,15,20-22,27H,8-11,14H2/t20-,21+,22+/m0/s1. The van der Waals surface area contributed by atoms with Gasteiger partial charge in [0.05, 0.1) is 18.7 Å². The molecule has 2 fully saturated rings. The van der Waals surface area contributed by atoms with Gasteiger partial charge in [-0.2, -0.15) is 5.26 Å². The Morgan fingerprint density at radius 3 is 2.66 bits per heavy atom. The van der Waals surface area contributed by atoms with Gasteiger partial charge in [0.1, 0.15) is 11.9 Å². The Balaban J connectivity index is 1.67. The summed E-state index contributed by atoms with van der Waals surface area (Å²) < 4.78 is 19.1. The molecule has 1 amide bonds. The number of carbonyl (C=O) groups is 1. The summed E-state index contributed by atoms with van der Waals surface area (Å²) in [6, 6.07) is 15.0. The zero-order chi connectivity index (χ0) is 20.4. The van der Waals surface area contributed by atoms with Crippen molar-refractivity contribution < 1.29 is 19.0 Å². The van der Waals surface area contributed by atoms with E-state index in [-0.39, 0.29) is 30.2 Å². The van der Waals surface area contributed by atoms with Gasteiger partial charge in [-0.15, -0.1) is 0 Å². The number of aliphatic hydroxyl groups excluding tert-OH is 1. The lowest BCUT2D eigenvalue weighted by molar-refractivity contribution is -0.154. The SMILES string of the molecule is N#C[C@H]1[C@@H](c2ccccc2-c2cccc(F)c2)[C@@H](CO)N1C(=O)C1CCOCC1. The van der Waals surface area contributed by atoms with Crippen LogP contribution in [0.1, 0.15) is 24.3 Å². The summed E-state index contributed by atoms with van der Waals surface area (Å²) in [6.45, 7) is 0.851. The van der Waals surface area contributed by atoms with Crippen molar-refractivity contribution in [2.75, 3.05) is 19.8 Å². The van der Waals surface area contributed by atoms with Crippen LogP contribution in [0.3, 0.4) is 0 Å². The minimum Gasteiger partial charge on any atom is -0.394 e. The Labute approximate surface area is 169 Å². The van der Waals surface area contributed by atoms with E-state index in [1.807, 2.05) is 30.3 Å². The Morgan fingerprint density at radius 2 is 1.97 bits per heavy atom. The maximum absolute atomic E-state index is 13.8. The highest BCUT2D eigenvalue weighted by molar-refractivity contribution is 5.82. The molecule has 2 saturated heterocycles. The van der Waals surface area contributed by atoms with Crippen molar-refractivity contribution in [2.24, 2.45) is 5.92 Å². The van der Waals surface area contributed by atoms with Crippen LogP contribution in [-0.2, 0) is 9.53 Å². The monoisotopic (exact) mass is 394 g/mol. The number of nitriles is 1. The highest BCUT2D eigenvalue weighted by atomic mass is 19.1. The molecule has 0 aromatic heterocycles. The summed E-state index contributed by atoms with van der Waals surface area (Å²) in [5.41, 5.74) is 2.37. The molecule has 6 heteroatoms. The van der Waals surface area contributed by atoms with E-state index in [9.17, 15) is 19.6 Å². The second-order valence-corrected chi connectivity index (χ2v) is 7.58. The van der Waals surface area contributed by atoms with Gasteiger partial charge < -0.3 is 14.7 Å². The lowest BCUT2D eigenvalue weighted by atomic mass is 9.72. The van der Waals surface area contributed by atoms with E-state index in [0.29, 0.717) is 31.6 Å². The predicted molar refractivity (Wildman–Crippen MR) is 105 cm³/mol. The molecule has 29 heavy (non-hydrogen) atoms. The average Bonchev–Trinajstić information content (AvgIpc) is 2.74. The van der Waals surface area contributed by atoms with Crippen molar-refractivity contribution >= 4 is 5.91 Å². The molecule has 2 aliphatic rings. The molecule has 0 radical (unpaired) electrons. The fourth-order valence-corrected chi connectivity index (χ4v) is 4.55. The molecule has 2 aliphatic heterocycles. The van der Waals surface area contributed by atoms with Crippen LogP contribution in [0.25, 0.3) is 11.1 Å². The van der Waals surface area contributed by atoms with Crippen LogP contribution >= 0.6 is 0 Å². The summed E-state index contributed by atoms with van der Waals surface area (Å²) in [4.78, 5) is 14.6. The number of hydrogen-bond acceptors (Lipinski definition) is 4. The first-order valence-electron chi connectivity index (χ1n) is 9.91. The van der Waals surface area contributed by atoms with E-state index in [2.05, 4.69) is 6.07 Å². The third kappa shape index (κ3) is 3.52. The number of benzene rings is 2. The van der Waals surface area contributed by atoms with Crippen molar-refractivity contribution in [1.82, 2.24) is 4.90 Å². The maximum atomic E-state index is 13.8. The van der Waals surface area contributed by atoms with E-state index in [0.717, 1.165) is 11.1 Å². The highest BCUT2D eigenvalue weighted by Crippen LogP contribution is 2.45. The Hall–Kier alpha value is -2.75. The lowest BCUT2D eigenvalue weighted by Crippen LogP contribution is -2.66. The average molecular weight is 394 g/mol. The first-order valence-corrected chi connectivity index (χ1v) is 9.91. The number of ether oxygens (including phenoxy) is 1. The quantitative estimate of drug-likeness (QED) is 0.865. The normalized spacial score (nSPS) is 24.6. The smallest absolute Gasteiger partial charge is 0.227 e. The Kier molecular flexibility index (Phi) is 5.61. The Bertz CT molecular complexity index is 936.